The quantitative estimate of drug-likeness (QED) is 0.901. The molecule has 4 heteroatoms. The van der Waals surface area contributed by atoms with Crippen LogP contribution in [0.1, 0.15) is 17.0 Å². The molecule has 1 saturated heterocycles. The van der Waals surface area contributed by atoms with Gasteiger partial charge in [0.15, 0.2) is 0 Å². The van der Waals surface area contributed by atoms with Gasteiger partial charge in [-0.25, -0.2) is 0 Å². The number of aromatic nitrogens is 2. The number of hydrogen-bond donors (Lipinski definition) is 1. The van der Waals surface area contributed by atoms with E-state index in [1.54, 1.807) is 0 Å². The fourth-order valence-electron chi connectivity index (χ4n) is 2.87. The van der Waals surface area contributed by atoms with Gasteiger partial charge in [-0.05, 0) is 11.1 Å². The lowest BCUT2D eigenvalue weighted by Gasteiger charge is -2.15. The van der Waals surface area contributed by atoms with E-state index in [4.69, 9.17) is 5.73 Å². The molecule has 2 unspecified atom stereocenters. The molecule has 1 aromatic carbocycles. The Kier molecular flexibility index (Phi) is 3.36. The van der Waals surface area contributed by atoms with Gasteiger partial charge in [-0.2, -0.15) is 5.10 Å². The summed E-state index contributed by atoms with van der Waals surface area (Å²) in [5, 5.41) is 4.25. The van der Waals surface area contributed by atoms with E-state index in [9.17, 15) is 0 Å². The Hall–Kier alpha value is -1.65. The Labute approximate surface area is 113 Å². The van der Waals surface area contributed by atoms with E-state index >= 15 is 0 Å². The van der Waals surface area contributed by atoms with Crippen LogP contribution in [0.5, 0.6) is 0 Å². The Bertz CT molecular complexity index is 534. The van der Waals surface area contributed by atoms with Crippen molar-refractivity contribution in [1.29, 1.82) is 0 Å². The zero-order valence-electron chi connectivity index (χ0n) is 11.2. The molecule has 1 aromatic heterocycles. The molecule has 0 spiro atoms. The van der Waals surface area contributed by atoms with E-state index in [0.717, 1.165) is 19.6 Å². The number of hydrogen-bond acceptors (Lipinski definition) is 3. The second-order valence-corrected chi connectivity index (χ2v) is 5.40. The fourth-order valence-corrected chi connectivity index (χ4v) is 2.87. The summed E-state index contributed by atoms with van der Waals surface area (Å²) in [7, 11) is 1.95. The number of nitrogens with two attached hydrogens (primary N) is 1. The predicted octanol–water partition coefficient (Wildman–Crippen LogP) is 1.35. The molecule has 2 atom stereocenters. The van der Waals surface area contributed by atoms with Crippen LogP contribution in [-0.4, -0.2) is 33.8 Å². The average Bonchev–Trinajstić information content (AvgIpc) is 2.97. The van der Waals surface area contributed by atoms with Crippen molar-refractivity contribution in [2.24, 2.45) is 12.8 Å². The van der Waals surface area contributed by atoms with Crippen LogP contribution < -0.4 is 5.73 Å². The first kappa shape index (κ1) is 12.4. The Morgan fingerprint density at radius 1 is 1.26 bits per heavy atom. The van der Waals surface area contributed by atoms with Crippen LogP contribution in [0.25, 0.3) is 0 Å². The molecular weight excluding hydrogens is 236 g/mol. The van der Waals surface area contributed by atoms with Gasteiger partial charge in [0.25, 0.3) is 0 Å². The van der Waals surface area contributed by atoms with Crippen LogP contribution in [-0.2, 0) is 13.6 Å². The van der Waals surface area contributed by atoms with Crippen LogP contribution in [0, 0.1) is 0 Å². The third-order valence-corrected chi connectivity index (χ3v) is 3.84. The van der Waals surface area contributed by atoms with Gasteiger partial charge in [0.2, 0.25) is 0 Å². The second-order valence-electron chi connectivity index (χ2n) is 5.40. The topological polar surface area (TPSA) is 47.1 Å². The van der Waals surface area contributed by atoms with Crippen LogP contribution in [0.15, 0.2) is 42.7 Å². The van der Waals surface area contributed by atoms with Crippen molar-refractivity contribution in [3.8, 4) is 0 Å². The molecule has 0 radical (unpaired) electrons. The summed E-state index contributed by atoms with van der Waals surface area (Å²) in [6, 6.07) is 10.8. The lowest BCUT2D eigenvalue weighted by atomic mass is 9.98. The Morgan fingerprint density at radius 3 is 2.74 bits per heavy atom. The van der Waals surface area contributed by atoms with Crippen molar-refractivity contribution in [3.63, 3.8) is 0 Å². The summed E-state index contributed by atoms with van der Waals surface area (Å²) in [6.45, 7) is 2.95. The zero-order valence-corrected chi connectivity index (χ0v) is 11.2. The second kappa shape index (κ2) is 5.15. The number of nitrogens with zero attached hydrogens (tertiary/aromatic N) is 3. The summed E-state index contributed by atoms with van der Waals surface area (Å²) >= 11 is 0. The van der Waals surface area contributed by atoms with Gasteiger partial charge in [0.05, 0.1) is 6.20 Å². The Balaban J connectivity index is 1.68. The lowest BCUT2D eigenvalue weighted by Crippen LogP contribution is -2.28. The highest BCUT2D eigenvalue weighted by Crippen LogP contribution is 2.27. The molecule has 0 saturated carbocycles. The predicted molar refractivity (Wildman–Crippen MR) is 75.6 cm³/mol. The highest BCUT2D eigenvalue weighted by molar-refractivity contribution is 5.19. The van der Waals surface area contributed by atoms with E-state index in [1.807, 2.05) is 17.9 Å². The van der Waals surface area contributed by atoms with Crippen molar-refractivity contribution in [1.82, 2.24) is 14.7 Å². The van der Waals surface area contributed by atoms with Crippen molar-refractivity contribution in [3.05, 3.63) is 53.9 Å². The molecule has 1 aliphatic heterocycles. The van der Waals surface area contributed by atoms with Gasteiger partial charge in [-0.1, -0.05) is 30.3 Å². The minimum atomic E-state index is 0.202. The first-order chi connectivity index (χ1) is 9.22. The van der Waals surface area contributed by atoms with Crippen molar-refractivity contribution < 1.29 is 0 Å². The van der Waals surface area contributed by atoms with Crippen LogP contribution in [0.4, 0.5) is 0 Å². The molecule has 0 aliphatic carbocycles. The van der Waals surface area contributed by atoms with Gasteiger partial charge >= 0.3 is 0 Å². The third-order valence-electron chi connectivity index (χ3n) is 3.84. The van der Waals surface area contributed by atoms with E-state index in [0.29, 0.717) is 5.92 Å². The highest BCUT2D eigenvalue weighted by Gasteiger charge is 2.31. The number of rotatable bonds is 3. The fraction of sp³-hybridized carbons (Fsp3) is 0.400. The van der Waals surface area contributed by atoms with Crippen molar-refractivity contribution >= 4 is 0 Å². The minimum absolute atomic E-state index is 0.202. The Morgan fingerprint density at radius 2 is 2.05 bits per heavy atom. The summed E-state index contributed by atoms with van der Waals surface area (Å²) < 4.78 is 1.85. The van der Waals surface area contributed by atoms with Gasteiger partial charge in [-0.15, -0.1) is 0 Å². The van der Waals surface area contributed by atoms with E-state index in [1.165, 1.54) is 11.1 Å². The van der Waals surface area contributed by atoms with Gasteiger partial charge < -0.3 is 5.73 Å². The standard InChI is InChI=1S/C15H20N4/c1-18-9-13(7-17-18)14-10-19(11-15(14)16)8-12-5-3-2-4-6-12/h2-7,9,14-15H,8,10-11,16H2,1H3. The SMILES string of the molecule is Cn1cc(C2CN(Cc3ccccc3)CC2N)cn1. The van der Waals surface area contributed by atoms with Gasteiger partial charge in [0.1, 0.15) is 0 Å². The first-order valence-corrected chi connectivity index (χ1v) is 6.73. The molecule has 0 bridgehead atoms. The summed E-state index contributed by atoms with van der Waals surface area (Å²) in [6.07, 6.45) is 4.02. The molecule has 2 aromatic rings. The smallest absolute Gasteiger partial charge is 0.0525 e. The van der Waals surface area contributed by atoms with Crippen molar-refractivity contribution in [2.45, 2.75) is 18.5 Å². The van der Waals surface area contributed by atoms with Crippen LogP contribution in [0.2, 0.25) is 0 Å². The molecule has 1 aliphatic rings. The number of likely N-dealkylation sites (tertiary alicyclic amines) is 1. The number of benzene rings is 1. The van der Waals surface area contributed by atoms with E-state index in [2.05, 4.69) is 46.5 Å². The maximum absolute atomic E-state index is 6.29. The van der Waals surface area contributed by atoms with E-state index in [-0.39, 0.29) is 6.04 Å². The van der Waals surface area contributed by atoms with Crippen LogP contribution in [0.3, 0.4) is 0 Å². The normalized spacial score (nSPS) is 23.9. The first-order valence-electron chi connectivity index (χ1n) is 6.73. The highest BCUT2D eigenvalue weighted by atomic mass is 15.2. The van der Waals surface area contributed by atoms with Gasteiger partial charge in [-0.3, -0.25) is 9.58 Å². The van der Waals surface area contributed by atoms with E-state index < -0.39 is 0 Å². The van der Waals surface area contributed by atoms with Crippen LogP contribution >= 0.6 is 0 Å². The summed E-state index contributed by atoms with van der Waals surface area (Å²) in [5.74, 6) is 0.400. The molecule has 2 heterocycles. The molecule has 100 valence electrons. The molecule has 2 N–H and O–H groups in total. The minimum Gasteiger partial charge on any atom is -0.326 e. The third kappa shape index (κ3) is 2.69. The molecule has 0 amide bonds. The summed E-state index contributed by atoms with van der Waals surface area (Å²) in [5.41, 5.74) is 8.89. The molecule has 3 rings (SSSR count). The molecule has 1 fully saturated rings. The maximum atomic E-state index is 6.29. The lowest BCUT2D eigenvalue weighted by molar-refractivity contribution is 0.324. The monoisotopic (exact) mass is 256 g/mol. The van der Waals surface area contributed by atoms with Gasteiger partial charge in [0, 0.05) is 44.8 Å². The zero-order chi connectivity index (χ0) is 13.2. The molecule has 4 nitrogen and oxygen atoms in total. The summed E-state index contributed by atoms with van der Waals surface area (Å²) in [4.78, 5) is 2.43. The number of aryl methyl sites for hydroxylation is 1. The van der Waals surface area contributed by atoms with Crippen molar-refractivity contribution in [2.75, 3.05) is 13.1 Å². The maximum Gasteiger partial charge on any atom is 0.0525 e. The molecule has 19 heavy (non-hydrogen) atoms. The molecular formula is C15H20N4. The average molecular weight is 256 g/mol. The largest absolute Gasteiger partial charge is 0.326 e.